The van der Waals surface area contributed by atoms with E-state index < -0.39 is 0 Å². The molecule has 0 spiro atoms. The van der Waals surface area contributed by atoms with Gasteiger partial charge in [-0.3, -0.25) is 9.59 Å². The van der Waals surface area contributed by atoms with Crippen molar-refractivity contribution >= 4 is 17.5 Å². The number of hydrogen-bond acceptors (Lipinski definition) is 3. The average Bonchev–Trinajstić information content (AvgIpc) is 2.49. The van der Waals surface area contributed by atoms with Crippen LogP contribution in [0.15, 0.2) is 41.5 Å². The van der Waals surface area contributed by atoms with Gasteiger partial charge in [0.25, 0.3) is 5.56 Å². The molecule has 0 unspecified atom stereocenters. The molecule has 2 N–H and O–H groups in total. The van der Waals surface area contributed by atoms with Crippen molar-refractivity contribution in [2.24, 2.45) is 0 Å². The van der Waals surface area contributed by atoms with Crippen LogP contribution in [0.1, 0.15) is 36.4 Å². The van der Waals surface area contributed by atoms with E-state index in [0.29, 0.717) is 17.9 Å². The molecule has 120 valence electrons. The lowest BCUT2D eigenvalue weighted by Gasteiger charge is -2.35. The first-order valence-electron chi connectivity index (χ1n) is 7.69. The van der Waals surface area contributed by atoms with Gasteiger partial charge in [-0.2, -0.15) is 0 Å². The fourth-order valence-corrected chi connectivity index (χ4v) is 3.06. The molecule has 0 radical (unpaired) electrons. The Morgan fingerprint density at radius 1 is 1.35 bits per heavy atom. The summed E-state index contributed by atoms with van der Waals surface area (Å²) >= 11 is 6.08. The van der Waals surface area contributed by atoms with Crippen molar-refractivity contribution in [3.8, 4) is 0 Å². The van der Waals surface area contributed by atoms with Crippen molar-refractivity contribution < 1.29 is 4.79 Å². The number of amides is 1. The molecule has 1 amide bonds. The van der Waals surface area contributed by atoms with Crippen molar-refractivity contribution in [1.29, 1.82) is 0 Å². The predicted molar refractivity (Wildman–Crippen MR) is 88.5 cm³/mol. The summed E-state index contributed by atoms with van der Waals surface area (Å²) in [5.74, 6) is 0.290. The third kappa shape index (κ3) is 3.99. The maximum atomic E-state index is 12.0. The molecular weight excluding hydrogens is 314 g/mol. The summed E-state index contributed by atoms with van der Waals surface area (Å²) in [5, 5.41) is 3.72. The number of aromatic nitrogens is 2. The van der Waals surface area contributed by atoms with Gasteiger partial charge in [0.2, 0.25) is 5.91 Å². The minimum atomic E-state index is -0.137. The number of halogens is 1. The predicted octanol–water partition coefficient (Wildman–Crippen LogP) is 2.42. The number of benzene rings is 1. The maximum Gasteiger partial charge on any atom is 0.250 e. The number of H-pyrrole nitrogens is 1. The van der Waals surface area contributed by atoms with E-state index >= 15 is 0 Å². The topological polar surface area (TPSA) is 74.8 Å². The van der Waals surface area contributed by atoms with Gasteiger partial charge in [-0.15, -0.1) is 0 Å². The number of nitrogens with zero attached hydrogens (tertiary/aromatic N) is 1. The minimum absolute atomic E-state index is 0.0345. The van der Waals surface area contributed by atoms with E-state index in [1.165, 1.54) is 12.4 Å². The van der Waals surface area contributed by atoms with Gasteiger partial charge in [0, 0.05) is 29.5 Å². The summed E-state index contributed by atoms with van der Waals surface area (Å²) in [5.41, 5.74) is 1.65. The minimum Gasteiger partial charge on any atom is -0.353 e. The molecule has 1 aliphatic rings. The van der Waals surface area contributed by atoms with Crippen molar-refractivity contribution in [3.63, 3.8) is 0 Å². The van der Waals surface area contributed by atoms with Crippen LogP contribution >= 0.6 is 11.6 Å². The Morgan fingerprint density at radius 3 is 2.87 bits per heavy atom. The van der Waals surface area contributed by atoms with Gasteiger partial charge in [-0.05, 0) is 30.9 Å². The second-order valence-electron chi connectivity index (χ2n) is 5.86. The zero-order chi connectivity index (χ0) is 16.2. The fourth-order valence-electron chi connectivity index (χ4n) is 2.83. The number of carbonyl (C=O) groups is 1. The summed E-state index contributed by atoms with van der Waals surface area (Å²) < 4.78 is 0. The fraction of sp³-hybridized carbons (Fsp3) is 0.353. The van der Waals surface area contributed by atoms with Gasteiger partial charge in [0.05, 0.1) is 12.0 Å². The first-order valence-corrected chi connectivity index (χ1v) is 8.07. The van der Waals surface area contributed by atoms with Crippen molar-refractivity contribution in [2.75, 3.05) is 0 Å². The Labute approximate surface area is 139 Å². The van der Waals surface area contributed by atoms with Crippen LogP contribution in [0.5, 0.6) is 0 Å². The molecule has 1 aliphatic carbocycles. The van der Waals surface area contributed by atoms with E-state index in [4.69, 9.17) is 11.6 Å². The molecule has 0 aliphatic heterocycles. The third-order valence-corrected chi connectivity index (χ3v) is 4.57. The molecule has 6 heteroatoms. The lowest BCUT2D eigenvalue weighted by molar-refractivity contribution is -0.122. The van der Waals surface area contributed by atoms with Gasteiger partial charge in [0.1, 0.15) is 0 Å². The smallest absolute Gasteiger partial charge is 0.250 e. The lowest BCUT2D eigenvalue weighted by Crippen LogP contribution is -2.43. The van der Waals surface area contributed by atoms with Gasteiger partial charge in [-0.25, -0.2) is 4.98 Å². The molecule has 1 fully saturated rings. The Kier molecular flexibility index (Phi) is 4.76. The van der Waals surface area contributed by atoms with Crippen LogP contribution in [-0.2, 0) is 11.2 Å². The lowest BCUT2D eigenvalue weighted by atomic mass is 9.78. The highest BCUT2D eigenvalue weighted by atomic mass is 35.5. The number of nitrogens with one attached hydrogen (secondary N) is 2. The van der Waals surface area contributed by atoms with Crippen LogP contribution < -0.4 is 10.9 Å². The summed E-state index contributed by atoms with van der Waals surface area (Å²) in [7, 11) is 0. The summed E-state index contributed by atoms with van der Waals surface area (Å²) in [6.45, 7) is 0. The standard InChI is InChI=1S/C17H18ClN3O2/c18-14-4-2-1-3-11(14)5-6-16(22)21-13-7-12(8-13)15-9-17(23)20-10-19-15/h1-4,9-10,12-13H,5-8H2,(H,21,22)(H,19,20,23). The highest BCUT2D eigenvalue weighted by Crippen LogP contribution is 2.35. The maximum absolute atomic E-state index is 12.0. The molecule has 1 saturated carbocycles. The third-order valence-electron chi connectivity index (χ3n) is 4.20. The Morgan fingerprint density at radius 2 is 2.13 bits per heavy atom. The summed E-state index contributed by atoms with van der Waals surface area (Å²) in [6.07, 6.45) is 4.14. The van der Waals surface area contributed by atoms with Crippen LogP contribution in [0.3, 0.4) is 0 Å². The molecular formula is C17H18ClN3O2. The molecule has 0 bridgehead atoms. The molecule has 1 aromatic carbocycles. The highest BCUT2D eigenvalue weighted by molar-refractivity contribution is 6.31. The largest absolute Gasteiger partial charge is 0.353 e. The van der Waals surface area contributed by atoms with Crippen molar-refractivity contribution in [2.45, 2.75) is 37.6 Å². The molecule has 23 heavy (non-hydrogen) atoms. The number of aryl methyl sites for hydroxylation is 1. The molecule has 2 aromatic rings. The quantitative estimate of drug-likeness (QED) is 0.883. The monoisotopic (exact) mass is 331 g/mol. The van der Waals surface area contributed by atoms with E-state index in [1.807, 2.05) is 24.3 Å². The van der Waals surface area contributed by atoms with Crippen LogP contribution in [0, 0.1) is 0 Å². The van der Waals surface area contributed by atoms with Gasteiger partial charge in [-0.1, -0.05) is 29.8 Å². The van der Waals surface area contributed by atoms with Gasteiger partial charge < -0.3 is 10.3 Å². The zero-order valence-electron chi connectivity index (χ0n) is 12.6. The molecule has 0 atom stereocenters. The SMILES string of the molecule is O=C(CCc1ccccc1Cl)NC1CC(c2cc(=O)[nH]cn2)C1. The van der Waals surface area contributed by atoms with Crippen LogP contribution in [0.2, 0.25) is 5.02 Å². The first kappa shape index (κ1) is 15.7. The van der Waals surface area contributed by atoms with Crippen LogP contribution in [0.4, 0.5) is 0 Å². The zero-order valence-corrected chi connectivity index (χ0v) is 13.3. The number of aromatic amines is 1. The Hall–Kier alpha value is -2.14. The van der Waals surface area contributed by atoms with Crippen molar-refractivity contribution in [1.82, 2.24) is 15.3 Å². The van der Waals surface area contributed by atoms with Crippen LogP contribution in [-0.4, -0.2) is 21.9 Å². The van der Waals surface area contributed by atoms with E-state index in [1.54, 1.807) is 0 Å². The second-order valence-corrected chi connectivity index (χ2v) is 6.27. The number of carbonyl (C=O) groups excluding carboxylic acids is 1. The molecule has 1 aromatic heterocycles. The van der Waals surface area contributed by atoms with Gasteiger partial charge >= 0.3 is 0 Å². The normalized spacial score (nSPS) is 19.9. The van der Waals surface area contributed by atoms with E-state index in [9.17, 15) is 9.59 Å². The summed E-state index contributed by atoms with van der Waals surface area (Å²) in [4.78, 5) is 30.0. The Bertz CT molecular complexity index is 753. The summed E-state index contributed by atoms with van der Waals surface area (Å²) in [6, 6.07) is 9.26. The molecule has 5 nitrogen and oxygen atoms in total. The molecule has 3 rings (SSSR count). The first-order chi connectivity index (χ1) is 11.1. The second kappa shape index (κ2) is 6.96. The Balaban J connectivity index is 1.44. The number of rotatable bonds is 5. The van der Waals surface area contributed by atoms with E-state index in [0.717, 1.165) is 24.1 Å². The van der Waals surface area contributed by atoms with Crippen molar-refractivity contribution in [3.05, 3.63) is 63.3 Å². The molecule has 0 saturated heterocycles. The molecule has 1 heterocycles. The van der Waals surface area contributed by atoms with E-state index in [-0.39, 0.29) is 23.4 Å². The van der Waals surface area contributed by atoms with E-state index in [2.05, 4.69) is 15.3 Å². The van der Waals surface area contributed by atoms with Crippen LogP contribution in [0.25, 0.3) is 0 Å². The average molecular weight is 332 g/mol. The number of hydrogen-bond donors (Lipinski definition) is 2. The highest BCUT2D eigenvalue weighted by Gasteiger charge is 2.32. The van der Waals surface area contributed by atoms with Gasteiger partial charge in [0.15, 0.2) is 0 Å².